The van der Waals surface area contributed by atoms with Crippen molar-refractivity contribution in [3.8, 4) is 0 Å². The maximum atomic E-state index is 10.3. The predicted octanol–water partition coefficient (Wildman–Crippen LogP) is 0.124. The van der Waals surface area contributed by atoms with Crippen LogP contribution < -0.4 is 0 Å². The molecule has 0 radical (unpaired) electrons. The summed E-state index contributed by atoms with van der Waals surface area (Å²) in [6, 6.07) is 0. The number of hydrogen-bond acceptors (Lipinski definition) is 2. The largest absolute Gasteiger partial charge is 0.346 e. The summed E-state index contributed by atoms with van der Waals surface area (Å²) < 4.78 is 10.6. The number of nitrogens with zero attached hydrogens (tertiary/aromatic N) is 1. The zero-order chi connectivity index (χ0) is 8.36. The van der Waals surface area contributed by atoms with Crippen molar-refractivity contribution in [2.75, 3.05) is 6.29 Å². The van der Waals surface area contributed by atoms with E-state index in [2.05, 4.69) is 0 Å². The van der Waals surface area contributed by atoms with E-state index >= 15 is 0 Å². The van der Waals surface area contributed by atoms with Gasteiger partial charge in [-0.2, -0.15) is 0 Å². The van der Waals surface area contributed by atoms with E-state index in [1.165, 1.54) is 0 Å². The zero-order valence-electron chi connectivity index (χ0n) is 5.19. The molecule has 0 bridgehead atoms. The minimum atomic E-state index is -4.20. The van der Waals surface area contributed by atoms with E-state index in [-0.39, 0.29) is 0 Å². The average molecular weight is 188 g/mol. The van der Waals surface area contributed by atoms with Crippen LogP contribution in [0.25, 0.3) is 0 Å². The normalized spacial score (nSPS) is 11.2. The minimum Gasteiger partial charge on any atom is -0.323 e. The highest BCUT2D eigenvalue weighted by Gasteiger charge is 2.19. The molecule has 60 valence electrons. The summed E-state index contributed by atoms with van der Waals surface area (Å²) in [4.78, 5) is 26.8. The van der Waals surface area contributed by atoms with Crippen LogP contribution in [-0.2, 0) is 9.36 Å². The van der Waals surface area contributed by atoms with Crippen molar-refractivity contribution < 1.29 is 19.1 Å². The third-order valence-corrected chi connectivity index (χ3v) is 1.83. The van der Waals surface area contributed by atoms with E-state index in [4.69, 9.17) is 21.6 Å². The van der Waals surface area contributed by atoms with Crippen LogP contribution in [0.2, 0.25) is 0 Å². The molecule has 0 aromatic heterocycles. The standard InChI is InChI=1S/C3H7ClNO4P/c1-3(6)5(4)2-10(7,8)9/h2H2,1H3,(H2,7,8,9). The molecule has 0 heterocycles. The van der Waals surface area contributed by atoms with Gasteiger partial charge in [-0.25, -0.2) is 4.42 Å². The molecule has 2 N–H and O–H groups in total. The highest BCUT2D eigenvalue weighted by atomic mass is 35.5. The molecule has 0 spiro atoms. The molecule has 10 heavy (non-hydrogen) atoms. The summed E-state index contributed by atoms with van der Waals surface area (Å²) in [7, 11) is -4.20. The molecule has 0 aliphatic rings. The second-order valence-corrected chi connectivity index (χ2v) is 3.71. The molecule has 7 heteroatoms. The molecule has 0 saturated carbocycles. The summed E-state index contributed by atoms with van der Waals surface area (Å²) in [6.45, 7) is 1.11. The van der Waals surface area contributed by atoms with Crippen molar-refractivity contribution in [2.45, 2.75) is 6.92 Å². The zero-order valence-corrected chi connectivity index (χ0v) is 6.84. The Kier molecular flexibility index (Phi) is 3.31. The Balaban J connectivity index is 3.93. The van der Waals surface area contributed by atoms with Gasteiger partial charge in [0.05, 0.1) is 0 Å². The fourth-order valence-corrected chi connectivity index (χ4v) is 1.20. The molecule has 1 amide bonds. The van der Waals surface area contributed by atoms with Gasteiger partial charge < -0.3 is 9.79 Å². The summed E-state index contributed by atoms with van der Waals surface area (Å²) in [5, 5.41) is 0. The molecule has 0 rings (SSSR count). The van der Waals surface area contributed by atoms with E-state index < -0.39 is 19.8 Å². The average Bonchev–Trinajstić information content (AvgIpc) is 1.60. The number of amides is 1. The highest BCUT2D eigenvalue weighted by molar-refractivity contribution is 7.51. The van der Waals surface area contributed by atoms with Crippen molar-refractivity contribution in [1.29, 1.82) is 0 Å². The molecule has 5 nitrogen and oxygen atoms in total. The van der Waals surface area contributed by atoms with Gasteiger partial charge in [-0.1, -0.05) is 0 Å². The van der Waals surface area contributed by atoms with Crippen LogP contribution in [0.1, 0.15) is 6.92 Å². The molecule has 0 unspecified atom stereocenters. The Morgan fingerprint density at radius 1 is 1.70 bits per heavy atom. The Labute approximate surface area is 62.9 Å². The number of halogens is 1. The smallest absolute Gasteiger partial charge is 0.323 e. The maximum absolute atomic E-state index is 10.3. The van der Waals surface area contributed by atoms with Crippen molar-refractivity contribution in [3.05, 3.63) is 0 Å². The van der Waals surface area contributed by atoms with Crippen LogP contribution >= 0.6 is 19.4 Å². The Hall–Kier alpha value is -0.0900. The second-order valence-electron chi connectivity index (χ2n) is 1.69. The molecule has 0 aliphatic carbocycles. The van der Waals surface area contributed by atoms with Gasteiger partial charge in [0, 0.05) is 18.7 Å². The van der Waals surface area contributed by atoms with Gasteiger partial charge in [0.25, 0.3) is 0 Å². The van der Waals surface area contributed by atoms with Crippen LogP contribution in [-0.4, -0.2) is 26.4 Å². The summed E-state index contributed by atoms with van der Waals surface area (Å²) in [5.41, 5.74) is 0. The minimum absolute atomic E-state index is 0.445. The molecular weight excluding hydrogens is 180 g/mol. The molecule has 0 aromatic carbocycles. The van der Waals surface area contributed by atoms with Crippen LogP contribution in [0.4, 0.5) is 0 Å². The van der Waals surface area contributed by atoms with Crippen molar-refractivity contribution in [1.82, 2.24) is 4.42 Å². The summed E-state index contributed by atoms with van der Waals surface area (Å²) in [6.07, 6.45) is -0.746. The lowest BCUT2D eigenvalue weighted by atomic mass is 10.7. The fraction of sp³-hybridized carbons (Fsp3) is 0.667. The number of carbonyl (C=O) groups is 1. The van der Waals surface area contributed by atoms with E-state index in [0.717, 1.165) is 6.92 Å². The monoisotopic (exact) mass is 187 g/mol. The van der Waals surface area contributed by atoms with Crippen LogP contribution in [0.5, 0.6) is 0 Å². The Bertz CT molecular complexity index is 177. The van der Waals surface area contributed by atoms with E-state index in [0.29, 0.717) is 4.42 Å². The van der Waals surface area contributed by atoms with Gasteiger partial charge in [-0.3, -0.25) is 9.36 Å². The quantitative estimate of drug-likeness (QED) is 0.476. The third-order valence-electron chi connectivity index (χ3n) is 0.650. The third kappa shape index (κ3) is 4.76. The molecule has 0 aliphatic heterocycles. The lowest BCUT2D eigenvalue weighted by Crippen LogP contribution is -2.18. The predicted molar refractivity (Wildman–Crippen MR) is 35.3 cm³/mol. The first-order valence-electron chi connectivity index (χ1n) is 2.31. The Morgan fingerprint density at radius 2 is 2.10 bits per heavy atom. The maximum Gasteiger partial charge on any atom is 0.346 e. The first kappa shape index (κ1) is 9.91. The topological polar surface area (TPSA) is 77.8 Å². The molecular formula is C3H7ClNO4P. The molecule has 0 saturated heterocycles. The number of carbonyl (C=O) groups excluding carboxylic acids is 1. The van der Waals surface area contributed by atoms with Crippen LogP contribution in [0.3, 0.4) is 0 Å². The number of rotatable bonds is 2. The van der Waals surface area contributed by atoms with Gasteiger partial charge in [0.15, 0.2) is 0 Å². The van der Waals surface area contributed by atoms with Crippen molar-refractivity contribution in [2.24, 2.45) is 0 Å². The summed E-state index contributed by atoms with van der Waals surface area (Å²) >= 11 is 5.09. The second kappa shape index (κ2) is 3.34. The summed E-state index contributed by atoms with van der Waals surface area (Å²) in [5.74, 6) is -0.593. The lowest BCUT2D eigenvalue weighted by molar-refractivity contribution is -0.123. The first-order chi connectivity index (χ1) is 4.33. The number of hydrogen-bond donors (Lipinski definition) is 2. The Morgan fingerprint density at radius 3 is 2.20 bits per heavy atom. The first-order valence-corrected chi connectivity index (χ1v) is 4.45. The lowest BCUT2D eigenvalue weighted by Gasteiger charge is -2.11. The van der Waals surface area contributed by atoms with Gasteiger partial charge in [-0.05, 0) is 0 Å². The molecule has 0 fully saturated rings. The van der Waals surface area contributed by atoms with Crippen LogP contribution in [0.15, 0.2) is 0 Å². The van der Waals surface area contributed by atoms with Crippen molar-refractivity contribution >= 4 is 25.3 Å². The molecule has 0 aromatic rings. The van der Waals surface area contributed by atoms with E-state index in [1.54, 1.807) is 0 Å². The van der Waals surface area contributed by atoms with E-state index in [1.807, 2.05) is 0 Å². The van der Waals surface area contributed by atoms with E-state index in [9.17, 15) is 9.36 Å². The molecule has 0 atom stereocenters. The van der Waals surface area contributed by atoms with Gasteiger partial charge in [-0.15, -0.1) is 0 Å². The van der Waals surface area contributed by atoms with Gasteiger partial charge in [0.2, 0.25) is 5.91 Å². The SMILES string of the molecule is CC(=O)N(Cl)CP(=O)(O)O. The highest BCUT2D eigenvalue weighted by Crippen LogP contribution is 2.35. The van der Waals surface area contributed by atoms with Gasteiger partial charge in [0.1, 0.15) is 6.29 Å². The van der Waals surface area contributed by atoms with Gasteiger partial charge >= 0.3 is 7.60 Å². The fourth-order valence-electron chi connectivity index (χ4n) is 0.261. The van der Waals surface area contributed by atoms with Crippen LogP contribution in [0, 0.1) is 0 Å². The van der Waals surface area contributed by atoms with Crippen molar-refractivity contribution in [3.63, 3.8) is 0 Å².